The van der Waals surface area contributed by atoms with Crippen LogP contribution >= 0.6 is 0 Å². The second-order valence-electron chi connectivity index (χ2n) is 9.77. The van der Waals surface area contributed by atoms with Crippen molar-refractivity contribution < 1.29 is 19.1 Å². The van der Waals surface area contributed by atoms with Crippen LogP contribution in [-0.2, 0) is 14.3 Å². The van der Waals surface area contributed by atoms with E-state index in [4.69, 9.17) is 4.74 Å². The number of carbonyl (C=O) groups is 3. The average molecular weight is 492 g/mol. The van der Waals surface area contributed by atoms with Crippen molar-refractivity contribution in [2.24, 2.45) is 5.92 Å². The highest BCUT2D eigenvalue weighted by Gasteiger charge is 2.58. The van der Waals surface area contributed by atoms with Crippen molar-refractivity contribution in [2.75, 3.05) is 13.7 Å². The summed E-state index contributed by atoms with van der Waals surface area (Å²) in [6, 6.07) is 17.3. The third-order valence-corrected chi connectivity index (χ3v) is 7.45. The molecule has 0 spiro atoms. The summed E-state index contributed by atoms with van der Waals surface area (Å²) >= 11 is 0. The first kappa shape index (κ1) is 25.7. The summed E-state index contributed by atoms with van der Waals surface area (Å²) in [6.07, 6.45) is 5.93. The number of likely N-dealkylation sites (tertiary alicyclic amines) is 1. The molecule has 2 aromatic rings. The van der Waals surface area contributed by atoms with Gasteiger partial charge in [-0.25, -0.2) is 4.79 Å². The molecule has 2 aliphatic rings. The number of nitrogens with one attached hydrogen (secondary N) is 2. The minimum atomic E-state index is -0.864. The molecular formula is C29H37N3O4. The summed E-state index contributed by atoms with van der Waals surface area (Å²) in [5.74, 6) is -1.98. The van der Waals surface area contributed by atoms with Gasteiger partial charge in [0.05, 0.1) is 19.1 Å². The molecule has 7 heteroatoms. The van der Waals surface area contributed by atoms with Crippen molar-refractivity contribution in [3.8, 4) is 0 Å². The third kappa shape index (κ3) is 5.40. The minimum absolute atomic E-state index is 0.0642. The van der Waals surface area contributed by atoms with Gasteiger partial charge in [0.25, 0.3) is 0 Å². The fourth-order valence-corrected chi connectivity index (χ4v) is 5.80. The molecular weight excluding hydrogens is 454 g/mol. The number of ether oxygens (including phenoxy) is 1. The van der Waals surface area contributed by atoms with E-state index >= 15 is 0 Å². The van der Waals surface area contributed by atoms with Crippen LogP contribution in [0.1, 0.15) is 68.5 Å². The lowest BCUT2D eigenvalue weighted by Gasteiger charge is -2.34. The van der Waals surface area contributed by atoms with E-state index in [0.29, 0.717) is 6.54 Å². The molecule has 2 fully saturated rings. The van der Waals surface area contributed by atoms with E-state index in [1.165, 1.54) is 13.5 Å². The third-order valence-electron chi connectivity index (χ3n) is 7.45. The van der Waals surface area contributed by atoms with Crippen LogP contribution in [0.4, 0.5) is 4.79 Å². The van der Waals surface area contributed by atoms with E-state index in [9.17, 15) is 14.4 Å². The van der Waals surface area contributed by atoms with Gasteiger partial charge in [0.15, 0.2) is 0 Å². The zero-order valence-electron chi connectivity index (χ0n) is 21.2. The van der Waals surface area contributed by atoms with Crippen molar-refractivity contribution >= 4 is 17.9 Å². The summed E-state index contributed by atoms with van der Waals surface area (Å²) in [7, 11) is 1.36. The quantitative estimate of drug-likeness (QED) is 0.556. The first-order chi connectivity index (χ1) is 17.6. The van der Waals surface area contributed by atoms with Gasteiger partial charge < -0.3 is 20.3 Å². The number of urea groups is 1. The Kier molecular flexibility index (Phi) is 8.62. The number of hydrogen-bond donors (Lipinski definition) is 2. The fraction of sp³-hybridized carbons (Fsp3) is 0.483. The molecule has 4 rings (SSSR count). The molecule has 1 saturated heterocycles. The monoisotopic (exact) mass is 491 g/mol. The van der Waals surface area contributed by atoms with Crippen LogP contribution in [0.2, 0.25) is 0 Å². The molecule has 0 aromatic heterocycles. The van der Waals surface area contributed by atoms with Crippen LogP contribution in [-0.4, -0.2) is 48.5 Å². The fourth-order valence-electron chi connectivity index (χ4n) is 5.80. The number of rotatable bonds is 7. The molecule has 1 heterocycles. The Hall–Kier alpha value is -3.35. The van der Waals surface area contributed by atoms with Crippen molar-refractivity contribution in [2.45, 2.75) is 69.5 Å². The summed E-state index contributed by atoms with van der Waals surface area (Å²) in [5.41, 5.74) is 1.64. The maximum atomic E-state index is 14.0. The zero-order valence-corrected chi connectivity index (χ0v) is 21.2. The van der Waals surface area contributed by atoms with Crippen molar-refractivity contribution in [1.29, 1.82) is 0 Å². The minimum Gasteiger partial charge on any atom is -0.469 e. The Morgan fingerprint density at radius 3 is 2.11 bits per heavy atom. The molecule has 0 radical (unpaired) electrons. The second kappa shape index (κ2) is 12.1. The highest BCUT2D eigenvalue weighted by Crippen LogP contribution is 2.50. The molecule has 0 bridgehead atoms. The summed E-state index contributed by atoms with van der Waals surface area (Å²) < 4.78 is 5.30. The summed E-state index contributed by atoms with van der Waals surface area (Å²) in [4.78, 5) is 42.8. The van der Waals surface area contributed by atoms with Gasteiger partial charge in [-0.2, -0.15) is 0 Å². The summed E-state index contributed by atoms with van der Waals surface area (Å²) in [6.45, 7) is 2.48. The van der Waals surface area contributed by atoms with Gasteiger partial charge >= 0.3 is 12.0 Å². The van der Waals surface area contributed by atoms with Gasteiger partial charge in [-0.15, -0.1) is 0 Å². The lowest BCUT2D eigenvalue weighted by Crippen LogP contribution is -2.53. The Balaban J connectivity index is 1.84. The van der Waals surface area contributed by atoms with Gasteiger partial charge in [-0.1, -0.05) is 86.8 Å². The predicted molar refractivity (Wildman–Crippen MR) is 138 cm³/mol. The molecule has 192 valence electrons. The SMILES string of the molecule is CCCNC(=O)C1C(c2ccccc2)C(C(=O)OC)C(c2ccccc2)N1C(=O)NC1CCCCC1. The first-order valence-electron chi connectivity index (χ1n) is 13.1. The van der Waals surface area contributed by atoms with Gasteiger partial charge in [0.1, 0.15) is 6.04 Å². The Bertz CT molecular complexity index is 1020. The number of amides is 3. The van der Waals surface area contributed by atoms with Gasteiger partial charge in [0, 0.05) is 18.5 Å². The smallest absolute Gasteiger partial charge is 0.318 e. The van der Waals surface area contributed by atoms with Crippen LogP contribution < -0.4 is 10.6 Å². The number of esters is 1. The van der Waals surface area contributed by atoms with Crippen LogP contribution in [0.15, 0.2) is 60.7 Å². The second-order valence-corrected chi connectivity index (χ2v) is 9.77. The molecule has 2 N–H and O–H groups in total. The highest BCUT2D eigenvalue weighted by molar-refractivity contribution is 5.92. The van der Waals surface area contributed by atoms with Crippen LogP contribution in [0.25, 0.3) is 0 Å². The lowest BCUT2D eigenvalue weighted by molar-refractivity contribution is -0.146. The van der Waals surface area contributed by atoms with Gasteiger partial charge in [-0.05, 0) is 30.4 Å². The van der Waals surface area contributed by atoms with Crippen molar-refractivity contribution in [1.82, 2.24) is 15.5 Å². The predicted octanol–water partition coefficient (Wildman–Crippen LogP) is 4.55. The molecule has 1 aliphatic heterocycles. The van der Waals surface area contributed by atoms with Crippen molar-refractivity contribution in [3.05, 3.63) is 71.8 Å². The molecule has 36 heavy (non-hydrogen) atoms. The molecule has 1 saturated carbocycles. The number of benzene rings is 2. The molecule has 7 nitrogen and oxygen atoms in total. The standard InChI is InChI=1S/C29H37N3O4/c1-3-19-30-27(33)26-23(20-13-7-4-8-14-20)24(28(34)36-2)25(21-15-9-5-10-16-21)32(26)29(35)31-22-17-11-6-12-18-22/h4-5,7-10,13-16,22-26H,3,6,11-12,17-19H2,1-2H3,(H,30,33)(H,31,35). The van der Waals surface area contributed by atoms with E-state index in [0.717, 1.165) is 43.2 Å². The van der Waals surface area contributed by atoms with Crippen LogP contribution in [0, 0.1) is 5.92 Å². The molecule has 1 aliphatic carbocycles. The van der Waals surface area contributed by atoms with Crippen LogP contribution in [0.5, 0.6) is 0 Å². The van der Waals surface area contributed by atoms with E-state index < -0.39 is 29.9 Å². The number of hydrogen-bond acceptors (Lipinski definition) is 4. The highest BCUT2D eigenvalue weighted by atomic mass is 16.5. The zero-order chi connectivity index (χ0) is 25.5. The molecule has 3 amide bonds. The van der Waals surface area contributed by atoms with E-state index in [-0.39, 0.29) is 18.0 Å². The largest absolute Gasteiger partial charge is 0.469 e. The number of nitrogens with zero attached hydrogens (tertiary/aromatic N) is 1. The first-order valence-corrected chi connectivity index (χ1v) is 13.1. The molecule has 4 unspecified atom stereocenters. The van der Waals surface area contributed by atoms with E-state index in [1.54, 1.807) is 4.90 Å². The number of methoxy groups -OCH3 is 1. The average Bonchev–Trinajstić information content (AvgIpc) is 3.29. The Labute approximate surface area is 213 Å². The Morgan fingerprint density at radius 2 is 1.53 bits per heavy atom. The van der Waals surface area contributed by atoms with E-state index in [1.807, 2.05) is 67.6 Å². The topological polar surface area (TPSA) is 87.7 Å². The lowest BCUT2D eigenvalue weighted by atomic mass is 9.80. The van der Waals surface area contributed by atoms with E-state index in [2.05, 4.69) is 10.6 Å². The summed E-state index contributed by atoms with van der Waals surface area (Å²) in [5, 5.41) is 6.21. The molecule has 4 atom stereocenters. The van der Waals surface area contributed by atoms with Crippen molar-refractivity contribution in [3.63, 3.8) is 0 Å². The Morgan fingerprint density at radius 1 is 0.917 bits per heavy atom. The normalized spacial score (nSPS) is 24.2. The van der Waals surface area contributed by atoms with Crippen LogP contribution in [0.3, 0.4) is 0 Å². The van der Waals surface area contributed by atoms with Gasteiger partial charge in [0.2, 0.25) is 5.91 Å². The maximum Gasteiger partial charge on any atom is 0.318 e. The van der Waals surface area contributed by atoms with Gasteiger partial charge in [-0.3, -0.25) is 9.59 Å². The number of carbonyl (C=O) groups excluding carboxylic acids is 3. The maximum absolute atomic E-state index is 14.0. The molecule has 2 aromatic carbocycles.